The zero-order chi connectivity index (χ0) is 24.2. The van der Waals surface area contributed by atoms with Crippen LogP contribution in [-0.2, 0) is 0 Å². The Kier molecular flexibility index (Phi) is 7.50. The second-order valence-electron chi connectivity index (χ2n) is 7.89. The Morgan fingerprint density at radius 2 is 1.79 bits per heavy atom. The number of pyridine rings is 2. The molecule has 1 aliphatic heterocycles. The molecule has 1 amide bonds. The number of nitrogen functional groups attached to an aromatic ring is 1. The topological polar surface area (TPSA) is 99.8 Å². The summed E-state index contributed by atoms with van der Waals surface area (Å²) < 4.78 is 54.0. The van der Waals surface area contributed by atoms with Gasteiger partial charge in [-0.15, -0.1) is 0 Å². The summed E-state index contributed by atoms with van der Waals surface area (Å²) in [6.07, 6.45) is -0.0221. The Morgan fingerprint density at radius 3 is 2.39 bits per heavy atom. The van der Waals surface area contributed by atoms with Crippen LogP contribution in [0, 0.1) is 5.92 Å². The van der Waals surface area contributed by atoms with E-state index in [1.54, 1.807) is 24.3 Å². The fourth-order valence-electron chi connectivity index (χ4n) is 3.62. The van der Waals surface area contributed by atoms with Crippen molar-refractivity contribution in [2.45, 2.75) is 31.9 Å². The lowest BCUT2D eigenvalue weighted by molar-refractivity contribution is -0.176. The van der Waals surface area contributed by atoms with Crippen LogP contribution in [0.3, 0.4) is 0 Å². The van der Waals surface area contributed by atoms with Crippen molar-refractivity contribution in [3.8, 4) is 17.2 Å². The van der Waals surface area contributed by atoms with Crippen LogP contribution < -0.4 is 19.9 Å². The minimum Gasteiger partial charge on any atom is -0.496 e. The molecule has 0 aromatic carbocycles. The molecule has 0 bridgehead atoms. The van der Waals surface area contributed by atoms with Gasteiger partial charge in [0.15, 0.2) is 11.5 Å². The van der Waals surface area contributed by atoms with E-state index >= 15 is 0 Å². The van der Waals surface area contributed by atoms with Gasteiger partial charge in [-0.1, -0.05) is 6.92 Å². The number of carbonyl (C=O) groups excluding carboxylic acids is 1. The van der Waals surface area contributed by atoms with Crippen LogP contribution in [0.5, 0.6) is 17.2 Å². The van der Waals surface area contributed by atoms with Crippen molar-refractivity contribution in [2.75, 3.05) is 39.6 Å². The molecule has 2 aromatic rings. The normalized spacial score (nSPS) is 15.8. The van der Waals surface area contributed by atoms with Gasteiger partial charge in [0.1, 0.15) is 17.3 Å². The highest BCUT2D eigenvalue weighted by atomic mass is 19.4. The van der Waals surface area contributed by atoms with Gasteiger partial charge in [-0.2, -0.15) is 13.2 Å². The Labute approximate surface area is 189 Å². The SMILES string of the molecule is COc1cc(C(=O)N2CCC(c3cnc(N)cc3OC)CC2)ncc1OC[C@H](C)C(F)(F)F. The number of methoxy groups -OCH3 is 2. The number of carbonyl (C=O) groups is 1. The molecule has 3 rings (SSSR count). The van der Waals surface area contributed by atoms with Gasteiger partial charge in [0.05, 0.1) is 32.9 Å². The molecule has 0 radical (unpaired) electrons. The van der Waals surface area contributed by atoms with Crippen LogP contribution >= 0.6 is 0 Å². The number of nitrogens with zero attached hydrogens (tertiary/aromatic N) is 3. The zero-order valence-corrected chi connectivity index (χ0v) is 18.7. The third kappa shape index (κ3) is 5.77. The molecular formula is C22H27F3N4O4. The number of piperidine rings is 1. The molecule has 1 saturated heterocycles. The third-order valence-electron chi connectivity index (χ3n) is 5.68. The maximum Gasteiger partial charge on any atom is 0.394 e. The molecule has 1 fully saturated rings. The van der Waals surface area contributed by atoms with Crippen LogP contribution in [0.2, 0.25) is 0 Å². The molecule has 0 aliphatic carbocycles. The number of amides is 1. The van der Waals surface area contributed by atoms with E-state index in [0.717, 1.165) is 12.5 Å². The van der Waals surface area contributed by atoms with Crippen molar-refractivity contribution in [3.05, 3.63) is 35.8 Å². The van der Waals surface area contributed by atoms with Crippen molar-refractivity contribution in [3.63, 3.8) is 0 Å². The van der Waals surface area contributed by atoms with Crippen molar-refractivity contribution < 1.29 is 32.2 Å². The second-order valence-corrected chi connectivity index (χ2v) is 7.89. The number of nitrogens with two attached hydrogens (primary N) is 1. The highest BCUT2D eigenvalue weighted by molar-refractivity contribution is 5.93. The number of hydrogen-bond acceptors (Lipinski definition) is 7. The highest BCUT2D eigenvalue weighted by Gasteiger charge is 2.36. The maximum absolute atomic E-state index is 13.0. The first-order valence-corrected chi connectivity index (χ1v) is 10.5. The van der Waals surface area contributed by atoms with Crippen LogP contribution in [0.1, 0.15) is 41.7 Å². The molecule has 8 nitrogen and oxygen atoms in total. The molecule has 0 saturated carbocycles. The molecule has 180 valence electrons. The van der Waals surface area contributed by atoms with Gasteiger partial charge in [0.2, 0.25) is 0 Å². The van der Waals surface area contributed by atoms with Gasteiger partial charge >= 0.3 is 6.18 Å². The van der Waals surface area contributed by atoms with Crippen molar-refractivity contribution in [2.24, 2.45) is 5.92 Å². The summed E-state index contributed by atoms with van der Waals surface area (Å²) in [5, 5.41) is 0. The number of anilines is 1. The van der Waals surface area contributed by atoms with E-state index in [0.29, 0.717) is 37.5 Å². The number of likely N-dealkylation sites (tertiary alicyclic amines) is 1. The summed E-state index contributed by atoms with van der Waals surface area (Å²) in [5.41, 5.74) is 6.81. The fraction of sp³-hybridized carbons (Fsp3) is 0.500. The average Bonchev–Trinajstić information content (AvgIpc) is 2.81. The Hall–Kier alpha value is -3.24. The molecular weight excluding hydrogens is 441 g/mol. The summed E-state index contributed by atoms with van der Waals surface area (Å²) in [6.45, 7) is 1.45. The van der Waals surface area contributed by atoms with E-state index in [2.05, 4.69) is 9.97 Å². The van der Waals surface area contributed by atoms with Crippen LogP contribution in [-0.4, -0.2) is 60.9 Å². The quantitative estimate of drug-likeness (QED) is 0.662. The minimum absolute atomic E-state index is 0.0480. The van der Waals surface area contributed by atoms with Crippen molar-refractivity contribution >= 4 is 11.7 Å². The largest absolute Gasteiger partial charge is 0.496 e. The summed E-state index contributed by atoms with van der Waals surface area (Å²) in [7, 11) is 2.93. The monoisotopic (exact) mass is 468 g/mol. The van der Waals surface area contributed by atoms with E-state index in [9.17, 15) is 18.0 Å². The molecule has 11 heteroatoms. The lowest BCUT2D eigenvalue weighted by atomic mass is 9.89. The first-order chi connectivity index (χ1) is 15.6. The standard InChI is InChI=1S/C22H27F3N4O4/c1-13(22(23,24)25)12-33-19-11-27-16(8-18(19)32-3)21(30)29-6-4-14(5-7-29)15-10-28-20(26)9-17(15)31-2/h8-11,13-14H,4-7,12H2,1-3H3,(H2,26,28)/t13-/m0/s1. The molecule has 0 spiro atoms. The number of rotatable bonds is 7. The molecule has 0 unspecified atom stereocenters. The lowest BCUT2D eigenvalue weighted by Crippen LogP contribution is -2.38. The zero-order valence-electron chi connectivity index (χ0n) is 18.7. The average molecular weight is 468 g/mol. The first-order valence-electron chi connectivity index (χ1n) is 10.5. The van der Waals surface area contributed by atoms with Crippen LogP contribution in [0.15, 0.2) is 24.5 Å². The van der Waals surface area contributed by atoms with E-state index < -0.39 is 18.7 Å². The number of aromatic nitrogens is 2. The summed E-state index contributed by atoms with van der Waals surface area (Å²) in [4.78, 5) is 22.9. The molecule has 3 heterocycles. The molecule has 2 N–H and O–H groups in total. The van der Waals surface area contributed by atoms with Crippen molar-refractivity contribution in [1.29, 1.82) is 0 Å². The summed E-state index contributed by atoms with van der Waals surface area (Å²) in [5.74, 6) is -0.519. The molecule has 2 aromatic heterocycles. The van der Waals surface area contributed by atoms with Gasteiger partial charge in [0, 0.05) is 37.0 Å². The molecule has 33 heavy (non-hydrogen) atoms. The van der Waals surface area contributed by atoms with Gasteiger partial charge in [0.25, 0.3) is 5.91 Å². The number of alkyl halides is 3. The first kappa shape index (κ1) is 24.4. The fourth-order valence-corrected chi connectivity index (χ4v) is 3.62. The van der Waals surface area contributed by atoms with Crippen molar-refractivity contribution in [1.82, 2.24) is 14.9 Å². The van der Waals surface area contributed by atoms with Gasteiger partial charge in [-0.3, -0.25) is 4.79 Å². The predicted octanol–water partition coefficient (Wildman–Crippen LogP) is 3.67. The highest BCUT2D eigenvalue weighted by Crippen LogP contribution is 2.35. The summed E-state index contributed by atoms with van der Waals surface area (Å²) in [6, 6.07) is 3.07. The summed E-state index contributed by atoms with van der Waals surface area (Å²) >= 11 is 0. The molecule has 1 atom stereocenters. The van der Waals surface area contributed by atoms with Gasteiger partial charge in [-0.25, -0.2) is 9.97 Å². The second kappa shape index (κ2) is 10.1. The third-order valence-corrected chi connectivity index (χ3v) is 5.68. The van der Waals surface area contributed by atoms with Crippen LogP contribution in [0.4, 0.5) is 19.0 Å². The predicted molar refractivity (Wildman–Crippen MR) is 115 cm³/mol. The number of halogens is 3. The van der Waals surface area contributed by atoms with Crippen LogP contribution in [0.25, 0.3) is 0 Å². The minimum atomic E-state index is -4.37. The Balaban J connectivity index is 1.65. The smallest absolute Gasteiger partial charge is 0.394 e. The Morgan fingerprint density at radius 1 is 1.12 bits per heavy atom. The maximum atomic E-state index is 13.0. The van der Waals surface area contributed by atoms with Gasteiger partial charge in [-0.05, 0) is 18.8 Å². The van der Waals surface area contributed by atoms with E-state index in [4.69, 9.17) is 19.9 Å². The molecule has 1 aliphatic rings. The number of ether oxygens (including phenoxy) is 3. The Bertz CT molecular complexity index is 979. The lowest BCUT2D eigenvalue weighted by Gasteiger charge is -2.32. The van der Waals surface area contributed by atoms with E-state index in [1.807, 2.05) is 0 Å². The number of hydrogen-bond donors (Lipinski definition) is 1. The van der Waals surface area contributed by atoms with Gasteiger partial charge < -0.3 is 24.8 Å². The van der Waals surface area contributed by atoms with E-state index in [-0.39, 0.29) is 29.0 Å². The van der Waals surface area contributed by atoms with E-state index in [1.165, 1.54) is 19.4 Å².